The fourth-order valence-electron chi connectivity index (χ4n) is 3.05. The number of rotatable bonds is 4. The van der Waals surface area contributed by atoms with Crippen LogP contribution in [0.15, 0.2) is 42.7 Å². The number of amides is 1. The van der Waals surface area contributed by atoms with Crippen molar-refractivity contribution in [2.45, 2.75) is 32.4 Å². The van der Waals surface area contributed by atoms with Crippen molar-refractivity contribution in [1.29, 1.82) is 0 Å². The van der Waals surface area contributed by atoms with Gasteiger partial charge in [-0.25, -0.2) is 4.79 Å². The number of hydrogen-bond donors (Lipinski definition) is 0. The first-order chi connectivity index (χ1) is 12.2. The molecule has 1 unspecified atom stereocenters. The van der Waals surface area contributed by atoms with Gasteiger partial charge in [-0.3, -0.25) is 14.8 Å². The number of benzene rings is 1. The molecule has 3 rings (SSSR count). The van der Waals surface area contributed by atoms with Crippen LogP contribution in [0.25, 0.3) is 0 Å². The van der Waals surface area contributed by atoms with Gasteiger partial charge in [-0.15, -0.1) is 0 Å². The van der Waals surface area contributed by atoms with Crippen LogP contribution in [0.1, 0.15) is 32.4 Å². The Bertz CT molecular complexity index is 791. The maximum absolute atomic E-state index is 12.2. The summed E-state index contributed by atoms with van der Waals surface area (Å²) in [4.78, 5) is 24.3. The summed E-state index contributed by atoms with van der Waals surface area (Å²) < 4.78 is 7.01. The summed E-state index contributed by atoms with van der Waals surface area (Å²) in [6.45, 7) is 6.53. The summed E-state index contributed by atoms with van der Waals surface area (Å²) in [6, 6.07) is 9.51. The second-order valence-electron chi connectivity index (χ2n) is 7.44. The predicted molar refractivity (Wildman–Crippen MR) is 94.8 cm³/mol. The number of aromatic nitrogens is 2. The lowest BCUT2D eigenvalue weighted by atomic mass is 9.87. The third-order valence-electron chi connectivity index (χ3n) is 4.23. The SMILES string of the molecule is CC(C)(C)OC(=O)N1CC(C(c2ccccc2)n2cc([N+](=O)[O-])cn2)C1. The minimum atomic E-state index is -0.538. The molecule has 0 saturated carbocycles. The Morgan fingerprint density at radius 1 is 1.31 bits per heavy atom. The number of nitro groups is 1. The van der Waals surface area contributed by atoms with Gasteiger partial charge in [0, 0.05) is 19.0 Å². The van der Waals surface area contributed by atoms with Crippen LogP contribution in [-0.4, -0.2) is 44.4 Å². The molecule has 26 heavy (non-hydrogen) atoms. The van der Waals surface area contributed by atoms with E-state index in [9.17, 15) is 14.9 Å². The Morgan fingerprint density at radius 3 is 2.50 bits per heavy atom. The monoisotopic (exact) mass is 358 g/mol. The highest BCUT2D eigenvalue weighted by molar-refractivity contribution is 5.69. The Morgan fingerprint density at radius 2 is 1.96 bits per heavy atom. The Balaban J connectivity index is 1.78. The van der Waals surface area contributed by atoms with Crippen molar-refractivity contribution < 1.29 is 14.5 Å². The predicted octanol–water partition coefficient (Wildman–Crippen LogP) is 3.25. The van der Waals surface area contributed by atoms with Gasteiger partial charge in [0.15, 0.2) is 0 Å². The van der Waals surface area contributed by atoms with Crippen molar-refractivity contribution in [2.24, 2.45) is 5.92 Å². The number of carbonyl (C=O) groups excluding carboxylic acids is 1. The van der Waals surface area contributed by atoms with Gasteiger partial charge in [0.2, 0.25) is 0 Å². The van der Waals surface area contributed by atoms with Crippen LogP contribution in [0.3, 0.4) is 0 Å². The van der Waals surface area contributed by atoms with Crippen molar-refractivity contribution in [3.63, 3.8) is 0 Å². The van der Waals surface area contributed by atoms with Crippen LogP contribution in [0.5, 0.6) is 0 Å². The molecule has 1 aliphatic heterocycles. The minimum Gasteiger partial charge on any atom is -0.444 e. The van der Waals surface area contributed by atoms with Gasteiger partial charge < -0.3 is 9.64 Å². The van der Waals surface area contributed by atoms with Crippen molar-refractivity contribution in [3.05, 3.63) is 58.4 Å². The molecule has 1 fully saturated rings. The van der Waals surface area contributed by atoms with Crippen LogP contribution in [0.4, 0.5) is 10.5 Å². The number of likely N-dealkylation sites (tertiary alicyclic amines) is 1. The van der Waals surface area contributed by atoms with Crippen LogP contribution < -0.4 is 0 Å². The Hall–Kier alpha value is -2.90. The zero-order valence-electron chi connectivity index (χ0n) is 15.0. The number of carbonyl (C=O) groups is 1. The van der Waals surface area contributed by atoms with Gasteiger partial charge in [-0.1, -0.05) is 30.3 Å². The maximum Gasteiger partial charge on any atom is 0.410 e. The molecule has 8 heteroatoms. The number of nitrogens with zero attached hydrogens (tertiary/aromatic N) is 4. The van der Waals surface area contributed by atoms with E-state index in [1.807, 2.05) is 51.1 Å². The summed E-state index contributed by atoms with van der Waals surface area (Å²) in [7, 11) is 0. The van der Waals surface area contributed by atoms with Crippen LogP contribution >= 0.6 is 0 Å². The van der Waals surface area contributed by atoms with Gasteiger partial charge in [0.1, 0.15) is 18.0 Å². The molecule has 0 bridgehead atoms. The highest BCUT2D eigenvalue weighted by Gasteiger charge is 2.40. The summed E-state index contributed by atoms with van der Waals surface area (Å²) in [5, 5.41) is 15.2. The standard InChI is InChI=1S/C18H22N4O4/c1-18(2,3)26-17(23)20-10-14(11-20)16(13-7-5-4-6-8-13)21-12-15(9-19-21)22(24)25/h4-9,12,14,16H,10-11H2,1-3H3. The van der Waals surface area contributed by atoms with Crippen LogP contribution in [0, 0.1) is 16.0 Å². The second-order valence-corrected chi connectivity index (χ2v) is 7.44. The van der Waals surface area contributed by atoms with Gasteiger partial charge in [0.25, 0.3) is 0 Å². The molecule has 1 saturated heterocycles. The van der Waals surface area contributed by atoms with Gasteiger partial charge >= 0.3 is 11.8 Å². The highest BCUT2D eigenvalue weighted by Crippen LogP contribution is 2.34. The van der Waals surface area contributed by atoms with E-state index >= 15 is 0 Å². The molecule has 2 aromatic rings. The summed E-state index contributed by atoms with van der Waals surface area (Å²) in [5.74, 6) is 0.101. The second kappa shape index (κ2) is 6.78. The minimum absolute atomic E-state index is 0.0470. The van der Waals surface area contributed by atoms with E-state index < -0.39 is 10.5 Å². The van der Waals surface area contributed by atoms with E-state index in [0.29, 0.717) is 13.1 Å². The van der Waals surface area contributed by atoms with Crippen LogP contribution in [0.2, 0.25) is 0 Å². The Labute approximate surface area is 151 Å². The molecule has 1 aromatic heterocycles. The summed E-state index contributed by atoms with van der Waals surface area (Å²) >= 11 is 0. The van der Waals surface area contributed by atoms with Gasteiger partial charge in [0.05, 0.1) is 11.0 Å². The topological polar surface area (TPSA) is 90.5 Å². The number of ether oxygens (including phenoxy) is 1. The molecule has 0 radical (unpaired) electrons. The third kappa shape index (κ3) is 3.84. The lowest BCUT2D eigenvalue weighted by Crippen LogP contribution is -2.54. The van der Waals surface area contributed by atoms with Crippen molar-refractivity contribution in [2.75, 3.05) is 13.1 Å². The van der Waals surface area contributed by atoms with Crippen molar-refractivity contribution in [1.82, 2.24) is 14.7 Å². The highest BCUT2D eigenvalue weighted by atomic mass is 16.6. The zero-order chi connectivity index (χ0) is 18.9. The normalized spacial score (nSPS) is 16.0. The summed E-state index contributed by atoms with van der Waals surface area (Å²) in [5.41, 5.74) is 0.414. The largest absolute Gasteiger partial charge is 0.444 e. The third-order valence-corrected chi connectivity index (χ3v) is 4.23. The molecule has 1 amide bonds. The Kier molecular flexibility index (Phi) is 4.67. The molecular weight excluding hydrogens is 336 g/mol. The first kappa shape index (κ1) is 17.9. The van der Waals surface area contributed by atoms with E-state index in [1.54, 1.807) is 9.58 Å². The summed E-state index contributed by atoms with van der Waals surface area (Å²) in [6.07, 6.45) is 2.35. The lowest BCUT2D eigenvalue weighted by molar-refractivity contribution is -0.385. The molecule has 1 aromatic carbocycles. The molecular formula is C18H22N4O4. The first-order valence-corrected chi connectivity index (χ1v) is 8.46. The molecule has 0 aliphatic carbocycles. The smallest absolute Gasteiger partial charge is 0.410 e. The molecule has 2 heterocycles. The molecule has 1 atom stereocenters. The van der Waals surface area contributed by atoms with Crippen molar-refractivity contribution in [3.8, 4) is 0 Å². The fourth-order valence-corrected chi connectivity index (χ4v) is 3.05. The van der Waals surface area contributed by atoms with E-state index in [1.165, 1.54) is 12.4 Å². The fraction of sp³-hybridized carbons (Fsp3) is 0.444. The van der Waals surface area contributed by atoms with E-state index in [-0.39, 0.29) is 23.7 Å². The molecule has 1 aliphatic rings. The first-order valence-electron chi connectivity index (χ1n) is 8.46. The van der Waals surface area contributed by atoms with E-state index in [2.05, 4.69) is 5.10 Å². The molecule has 8 nitrogen and oxygen atoms in total. The maximum atomic E-state index is 12.2. The van der Waals surface area contributed by atoms with Crippen molar-refractivity contribution >= 4 is 11.8 Å². The van der Waals surface area contributed by atoms with E-state index in [4.69, 9.17) is 4.74 Å². The zero-order valence-corrected chi connectivity index (χ0v) is 15.0. The lowest BCUT2D eigenvalue weighted by Gasteiger charge is -2.43. The molecule has 138 valence electrons. The average Bonchev–Trinajstić information content (AvgIpc) is 2.99. The molecule has 0 spiro atoms. The van der Waals surface area contributed by atoms with Crippen LogP contribution in [-0.2, 0) is 4.74 Å². The van der Waals surface area contributed by atoms with Gasteiger partial charge in [-0.2, -0.15) is 5.10 Å². The van der Waals surface area contributed by atoms with Gasteiger partial charge in [-0.05, 0) is 26.3 Å². The average molecular weight is 358 g/mol. The quantitative estimate of drug-likeness (QED) is 0.618. The molecule has 0 N–H and O–H groups in total. The van der Waals surface area contributed by atoms with E-state index in [0.717, 1.165) is 5.56 Å². The number of hydrogen-bond acceptors (Lipinski definition) is 5.